The maximum atomic E-state index is 10.8. The molecule has 0 aliphatic carbocycles. The lowest BCUT2D eigenvalue weighted by atomic mass is 10.2. The number of nitrogens with one attached hydrogen (secondary N) is 1. The monoisotopic (exact) mass is 197 g/mol. The second-order valence-corrected chi connectivity index (χ2v) is 2.96. The largest absolute Gasteiger partial charge is 0.440 e. The summed E-state index contributed by atoms with van der Waals surface area (Å²) in [6, 6.07) is 0. The number of hydrogen-bond acceptors (Lipinski definition) is 3. The van der Waals surface area contributed by atoms with Crippen LogP contribution < -0.4 is 5.32 Å². The molecule has 0 aliphatic heterocycles. The van der Waals surface area contributed by atoms with Crippen LogP contribution in [-0.2, 0) is 9.53 Å². The molecule has 3 heteroatoms. The van der Waals surface area contributed by atoms with Crippen molar-refractivity contribution in [3.63, 3.8) is 0 Å². The summed E-state index contributed by atoms with van der Waals surface area (Å²) >= 11 is 0. The van der Waals surface area contributed by atoms with E-state index in [0.717, 1.165) is 19.0 Å². The Bertz CT molecular complexity index is 190. The van der Waals surface area contributed by atoms with Gasteiger partial charge in [-0.2, -0.15) is 0 Å². The summed E-state index contributed by atoms with van der Waals surface area (Å²) in [5, 5.41) is 3.06. The maximum absolute atomic E-state index is 10.8. The van der Waals surface area contributed by atoms with Crippen LogP contribution in [0.25, 0.3) is 0 Å². The van der Waals surface area contributed by atoms with Crippen LogP contribution in [0.5, 0.6) is 0 Å². The first-order valence-electron chi connectivity index (χ1n) is 4.93. The molecule has 0 fully saturated rings. The lowest BCUT2D eigenvalue weighted by molar-refractivity contribution is -0.142. The molecule has 1 N–H and O–H groups in total. The Balaban J connectivity index is 3.63. The molecule has 0 bridgehead atoms. The molecule has 14 heavy (non-hydrogen) atoms. The van der Waals surface area contributed by atoms with E-state index in [1.807, 2.05) is 0 Å². The van der Waals surface area contributed by atoms with Gasteiger partial charge in [-0.05, 0) is 19.0 Å². The highest BCUT2D eigenvalue weighted by atomic mass is 16.6. The summed E-state index contributed by atoms with van der Waals surface area (Å²) in [7, 11) is 0. The third kappa shape index (κ3) is 6.43. The van der Waals surface area contributed by atoms with Crippen molar-refractivity contribution in [2.45, 2.75) is 32.4 Å². The van der Waals surface area contributed by atoms with Gasteiger partial charge in [-0.25, -0.2) is 4.79 Å². The zero-order valence-electron chi connectivity index (χ0n) is 8.79. The van der Waals surface area contributed by atoms with Crippen LogP contribution in [0.4, 0.5) is 0 Å². The average molecular weight is 197 g/mol. The van der Waals surface area contributed by atoms with E-state index in [4.69, 9.17) is 4.74 Å². The first kappa shape index (κ1) is 12.9. The number of esters is 1. The molecule has 0 heterocycles. The summed E-state index contributed by atoms with van der Waals surface area (Å²) in [5.41, 5.74) is 0. The van der Waals surface area contributed by atoms with Crippen LogP contribution in [0, 0.1) is 0 Å². The van der Waals surface area contributed by atoms with Crippen molar-refractivity contribution in [3.8, 4) is 0 Å². The van der Waals surface area contributed by atoms with Gasteiger partial charge in [0.05, 0.1) is 0 Å². The number of rotatable bonds is 8. The second-order valence-electron chi connectivity index (χ2n) is 2.96. The zero-order chi connectivity index (χ0) is 10.8. The van der Waals surface area contributed by atoms with E-state index < -0.39 is 12.2 Å². The molecule has 0 rings (SSSR count). The highest BCUT2D eigenvalue weighted by Crippen LogP contribution is 1.95. The van der Waals surface area contributed by atoms with Crippen molar-refractivity contribution < 1.29 is 9.53 Å². The highest BCUT2D eigenvalue weighted by Gasteiger charge is 2.05. The van der Waals surface area contributed by atoms with E-state index >= 15 is 0 Å². The van der Waals surface area contributed by atoms with Gasteiger partial charge >= 0.3 is 5.97 Å². The number of unbranched alkanes of at least 4 members (excludes halogenated alkanes) is 2. The number of carbonyl (C=O) groups excluding carboxylic acids is 1. The van der Waals surface area contributed by atoms with Crippen molar-refractivity contribution >= 4 is 5.97 Å². The van der Waals surface area contributed by atoms with Crippen molar-refractivity contribution in [2.75, 3.05) is 6.54 Å². The summed E-state index contributed by atoms with van der Waals surface area (Å²) in [4.78, 5) is 10.8. The normalized spacial score (nSPS) is 11.8. The van der Waals surface area contributed by atoms with Crippen LogP contribution in [0.2, 0.25) is 0 Å². The average Bonchev–Trinajstić information content (AvgIpc) is 2.22. The van der Waals surface area contributed by atoms with Gasteiger partial charge in [-0.1, -0.05) is 32.9 Å². The molecule has 0 aliphatic rings. The fraction of sp³-hybridized carbons (Fsp3) is 0.545. The van der Waals surface area contributed by atoms with Crippen LogP contribution in [0.15, 0.2) is 25.3 Å². The van der Waals surface area contributed by atoms with Crippen molar-refractivity contribution in [1.82, 2.24) is 5.32 Å². The van der Waals surface area contributed by atoms with Crippen LogP contribution >= 0.6 is 0 Å². The minimum absolute atomic E-state index is 0.405. The fourth-order valence-electron chi connectivity index (χ4n) is 0.966. The molecular weight excluding hydrogens is 178 g/mol. The van der Waals surface area contributed by atoms with Crippen LogP contribution in [0.3, 0.4) is 0 Å². The Kier molecular flexibility index (Phi) is 7.84. The van der Waals surface area contributed by atoms with E-state index in [-0.39, 0.29) is 0 Å². The fourth-order valence-corrected chi connectivity index (χ4v) is 0.966. The molecule has 0 saturated heterocycles. The van der Waals surface area contributed by atoms with E-state index in [1.54, 1.807) is 6.08 Å². The Morgan fingerprint density at radius 3 is 2.71 bits per heavy atom. The quantitative estimate of drug-likeness (QED) is 0.213. The first-order chi connectivity index (χ1) is 6.74. The first-order valence-corrected chi connectivity index (χ1v) is 4.93. The second kappa shape index (κ2) is 8.51. The maximum Gasteiger partial charge on any atom is 0.331 e. The van der Waals surface area contributed by atoms with E-state index in [1.165, 1.54) is 12.8 Å². The molecule has 0 aromatic heterocycles. The van der Waals surface area contributed by atoms with Gasteiger partial charge in [0.1, 0.15) is 0 Å². The Morgan fingerprint density at radius 1 is 1.50 bits per heavy atom. The summed E-state index contributed by atoms with van der Waals surface area (Å²) in [5.74, 6) is -0.433. The Morgan fingerprint density at radius 2 is 2.21 bits per heavy atom. The Hall–Kier alpha value is -1.09. The molecule has 0 spiro atoms. The van der Waals surface area contributed by atoms with Crippen molar-refractivity contribution in [1.29, 1.82) is 0 Å². The number of hydrogen-bond donors (Lipinski definition) is 1. The molecule has 1 atom stereocenters. The molecule has 80 valence electrons. The summed E-state index contributed by atoms with van der Waals surface area (Å²) < 4.78 is 4.94. The van der Waals surface area contributed by atoms with E-state index in [9.17, 15) is 4.79 Å². The van der Waals surface area contributed by atoms with E-state index in [0.29, 0.717) is 0 Å². The van der Waals surface area contributed by atoms with Crippen LogP contribution in [-0.4, -0.2) is 18.7 Å². The highest BCUT2D eigenvalue weighted by molar-refractivity contribution is 5.81. The molecule has 3 nitrogen and oxygen atoms in total. The lowest BCUT2D eigenvalue weighted by Crippen LogP contribution is -2.32. The van der Waals surface area contributed by atoms with Crippen molar-refractivity contribution in [2.24, 2.45) is 0 Å². The standard InChI is InChI=1S/C11H19NO2/c1-4-7-8-9-12-10(5-2)14-11(13)6-3/h5-6,10,12H,2-4,7-9H2,1H3. The molecule has 1 unspecified atom stereocenters. The van der Waals surface area contributed by atoms with Gasteiger partial charge in [0, 0.05) is 6.08 Å². The molecule has 0 aromatic carbocycles. The molecule has 0 radical (unpaired) electrons. The Labute approximate surface area is 85.8 Å². The number of carbonyl (C=O) groups is 1. The third-order valence-electron chi connectivity index (χ3n) is 1.75. The SMILES string of the molecule is C=CC(=O)OC(C=C)NCCCCC. The minimum Gasteiger partial charge on any atom is -0.440 e. The van der Waals surface area contributed by atoms with Gasteiger partial charge in [0.15, 0.2) is 6.23 Å². The summed E-state index contributed by atoms with van der Waals surface area (Å²) in [6.45, 7) is 9.86. The van der Waals surface area contributed by atoms with Gasteiger partial charge < -0.3 is 4.74 Å². The molecular formula is C11H19NO2. The van der Waals surface area contributed by atoms with Gasteiger partial charge in [-0.15, -0.1) is 0 Å². The topological polar surface area (TPSA) is 38.3 Å². The van der Waals surface area contributed by atoms with Gasteiger partial charge in [0.25, 0.3) is 0 Å². The lowest BCUT2D eigenvalue weighted by Gasteiger charge is -2.14. The minimum atomic E-state index is -0.433. The predicted molar refractivity (Wildman–Crippen MR) is 57.8 cm³/mol. The zero-order valence-corrected chi connectivity index (χ0v) is 8.79. The third-order valence-corrected chi connectivity index (χ3v) is 1.75. The molecule has 0 amide bonds. The molecule has 0 saturated carbocycles. The number of ether oxygens (including phenoxy) is 1. The van der Waals surface area contributed by atoms with E-state index in [2.05, 4.69) is 25.4 Å². The van der Waals surface area contributed by atoms with Gasteiger partial charge in [-0.3, -0.25) is 5.32 Å². The van der Waals surface area contributed by atoms with Gasteiger partial charge in [0.2, 0.25) is 0 Å². The van der Waals surface area contributed by atoms with Crippen LogP contribution in [0.1, 0.15) is 26.2 Å². The van der Waals surface area contributed by atoms with Crippen molar-refractivity contribution in [3.05, 3.63) is 25.3 Å². The smallest absolute Gasteiger partial charge is 0.331 e. The summed E-state index contributed by atoms with van der Waals surface area (Å²) in [6.07, 6.45) is 5.72. The molecule has 0 aromatic rings. The predicted octanol–water partition coefficient (Wildman–Crippen LogP) is 2.01.